The number of fused-ring (bicyclic) bond motifs is 1. The Morgan fingerprint density at radius 2 is 0.745 bits per heavy atom. The van der Waals surface area contributed by atoms with Gasteiger partial charge in [0.15, 0.2) is 5.79 Å². The molecule has 1 saturated carbocycles. The number of ether oxygens (including phenoxy) is 2. The van der Waals surface area contributed by atoms with Crippen molar-refractivity contribution in [1.82, 2.24) is 0 Å². The largest absolute Gasteiger partial charge is 0.344 e. The Morgan fingerprint density at radius 1 is 0.426 bits per heavy atom. The second-order valence-corrected chi connectivity index (χ2v) is 14.8. The average molecular weight is 651 g/mol. The first-order valence-corrected chi connectivity index (χ1v) is 20.8. The first-order chi connectivity index (χ1) is 23.2. The van der Waals surface area contributed by atoms with E-state index < -0.39 is 0 Å². The van der Waals surface area contributed by atoms with Crippen molar-refractivity contribution in [3.63, 3.8) is 0 Å². The number of unbranched alkanes of at least 4 members (excludes halogenated alkanes) is 17. The zero-order valence-corrected chi connectivity index (χ0v) is 31.6. The van der Waals surface area contributed by atoms with Gasteiger partial charge in [0, 0.05) is 12.8 Å². The van der Waals surface area contributed by atoms with E-state index >= 15 is 0 Å². The second kappa shape index (κ2) is 29.5. The maximum atomic E-state index is 6.73. The molecule has 0 spiro atoms. The maximum absolute atomic E-state index is 6.73. The van der Waals surface area contributed by atoms with Crippen LogP contribution >= 0.6 is 0 Å². The van der Waals surface area contributed by atoms with E-state index in [1.807, 2.05) is 0 Å². The third kappa shape index (κ3) is 22.1. The molecule has 2 aliphatic rings. The van der Waals surface area contributed by atoms with E-state index in [4.69, 9.17) is 9.47 Å². The Bertz CT molecular complexity index is 834. The van der Waals surface area contributed by atoms with Crippen LogP contribution in [0.5, 0.6) is 0 Å². The summed E-state index contributed by atoms with van der Waals surface area (Å²) in [5.74, 6) is 0.435. The van der Waals surface area contributed by atoms with Gasteiger partial charge in [0.05, 0.1) is 12.2 Å². The van der Waals surface area contributed by atoms with Crippen LogP contribution in [0.25, 0.3) is 0 Å². The minimum absolute atomic E-state index is 0.306. The van der Waals surface area contributed by atoms with Crippen molar-refractivity contribution >= 4 is 0 Å². The zero-order chi connectivity index (χ0) is 33.5. The molecule has 2 atom stereocenters. The Morgan fingerprint density at radius 3 is 1.19 bits per heavy atom. The standard InChI is InChI=1S/C45H78O2/c1-4-6-8-10-12-14-16-18-20-22-23-25-27-29-31-33-35-37-39-45(46-43-40-42(3)41-44(43)47-45)38-36-34-32-30-28-26-24-21-19-17-15-13-11-9-7-5-2/h15-18,21-24,28,30,42-44H,4-14,19-20,25-27,29,31-41H2,1-3H3/b17-15-,18-16-,23-22-,24-21-,30-28-. The smallest absolute Gasteiger partial charge is 0.169 e. The van der Waals surface area contributed by atoms with E-state index in [-0.39, 0.29) is 5.79 Å². The molecule has 2 fully saturated rings. The molecule has 1 heterocycles. The van der Waals surface area contributed by atoms with Crippen LogP contribution in [-0.2, 0) is 9.47 Å². The lowest BCUT2D eigenvalue weighted by Gasteiger charge is -2.30. The molecule has 0 radical (unpaired) electrons. The topological polar surface area (TPSA) is 18.5 Å². The van der Waals surface area contributed by atoms with Gasteiger partial charge in [0.1, 0.15) is 0 Å². The summed E-state index contributed by atoms with van der Waals surface area (Å²) in [4.78, 5) is 0. The third-order valence-electron chi connectivity index (χ3n) is 10.1. The van der Waals surface area contributed by atoms with E-state index in [9.17, 15) is 0 Å². The molecule has 1 aliphatic carbocycles. The molecule has 2 rings (SSSR count). The molecule has 0 amide bonds. The predicted octanol–water partition coefficient (Wildman–Crippen LogP) is 14.9. The summed E-state index contributed by atoms with van der Waals surface area (Å²) in [6, 6.07) is 0. The molecule has 2 unspecified atom stereocenters. The summed E-state index contributed by atoms with van der Waals surface area (Å²) >= 11 is 0. The van der Waals surface area contributed by atoms with Crippen molar-refractivity contribution in [3.05, 3.63) is 60.8 Å². The van der Waals surface area contributed by atoms with Crippen molar-refractivity contribution in [2.75, 3.05) is 0 Å². The SMILES string of the molecule is CCCCCC/C=C\C/C=C\C/C=C\CCCCC1(CCCCCCCC/C=C\C/C=C\CCCCCCC)OC2CC(C)CC2O1. The number of rotatable bonds is 31. The zero-order valence-electron chi connectivity index (χ0n) is 31.6. The quantitative estimate of drug-likeness (QED) is 0.0549. The Hall–Kier alpha value is -1.38. The molecule has 0 bridgehead atoms. The third-order valence-corrected chi connectivity index (χ3v) is 10.1. The summed E-state index contributed by atoms with van der Waals surface area (Å²) in [6.45, 7) is 6.91. The molecule has 47 heavy (non-hydrogen) atoms. The molecule has 0 aromatic rings. The lowest BCUT2D eigenvalue weighted by Crippen LogP contribution is -2.32. The fourth-order valence-electron chi connectivity index (χ4n) is 7.24. The summed E-state index contributed by atoms with van der Waals surface area (Å²) < 4.78 is 13.5. The summed E-state index contributed by atoms with van der Waals surface area (Å²) in [5, 5.41) is 0. The van der Waals surface area contributed by atoms with Gasteiger partial charge in [-0.05, 0) is 102 Å². The monoisotopic (exact) mass is 651 g/mol. The van der Waals surface area contributed by atoms with Gasteiger partial charge in [-0.3, -0.25) is 0 Å². The van der Waals surface area contributed by atoms with E-state index in [2.05, 4.69) is 81.5 Å². The fourth-order valence-corrected chi connectivity index (χ4v) is 7.24. The van der Waals surface area contributed by atoms with E-state index in [0.717, 1.165) is 44.4 Å². The number of allylic oxidation sites excluding steroid dienone is 10. The molecule has 2 nitrogen and oxygen atoms in total. The molecule has 0 aromatic carbocycles. The van der Waals surface area contributed by atoms with E-state index in [1.54, 1.807) is 0 Å². The minimum atomic E-state index is -0.306. The highest BCUT2D eigenvalue weighted by molar-refractivity contribution is 4.98. The fraction of sp³-hybridized carbons (Fsp3) is 0.778. The van der Waals surface area contributed by atoms with Crippen molar-refractivity contribution in [2.24, 2.45) is 5.92 Å². The summed E-state index contributed by atoms with van der Waals surface area (Å²) in [6.07, 6.45) is 59.4. The van der Waals surface area contributed by atoms with Crippen LogP contribution in [0, 0.1) is 5.92 Å². The number of hydrogen-bond donors (Lipinski definition) is 0. The molecule has 270 valence electrons. The molecule has 1 aliphatic heterocycles. The van der Waals surface area contributed by atoms with Gasteiger partial charge in [-0.15, -0.1) is 0 Å². The summed E-state index contributed by atoms with van der Waals surface area (Å²) in [5.41, 5.74) is 0. The summed E-state index contributed by atoms with van der Waals surface area (Å²) in [7, 11) is 0. The first-order valence-electron chi connectivity index (χ1n) is 20.8. The molecule has 0 aromatic heterocycles. The van der Waals surface area contributed by atoms with Gasteiger partial charge in [-0.25, -0.2) is 0 Å². The van der Waals surface area contributed by atoms with Gasteiger partial charge in [-0.2, -0.15) is 0 Å². The van der Waals surface area contributed by atoms with Crippen LogP contribution in [-0.4, -0.2) is 18.0 Å². The lowest BCUT2D eigenvalue weighted by atomic mass is 9.99. The minimum Gasteiger partial charge on any atom is -0.344 e. The van der Waals surface area contributed by atoms with Crippen LogP contribution in [0.3, 0.4) is 0 Å². The molecular formula is C45H78O2. The number of hydrogen-bond acceptors (Lipinski definition) is 2. The molecule has 1 saturated heterocycles. The van der Waals surface area contributed by atoms with E-state index in [1.165, 1.54) is 141 Å². The van der Waals surface area contributed by atoms with Crippen LogP contribution in [0.2, 0.25) is 0 Å². The Kier molecular flexibility index (Phi) is 26.3. The van der Waals surface area contributed by atoms with Crippen LogP contribution in [0.4, 0.5) is 0 Å². The average Bonchev–Trinajstić information content (AvgIpc) is 3.57. The second-order valence-electron chi connectivity index (χ2n) is 14.8. The lowest BCUT2D eigenvalue weighted by molar-refractivity contribution is -0.192. The highest BCUT2D eigenvalue weighted by Crippen LogP contribution is 2.45. The predicted molar refractivity (Wildman–Crippen MR) is 208 cm³/mol. The van der Waals surface area contributed by atoms with Gasteiger partial charge >= 0.3 is 0 Å². The van der Waals surface area contributed by atoms with Crippen molar-refractivity contribution < 1.29 is 9.47 Å². The maximum Gasteiger partial charge on any atom is 0.169 e. The van der Waals surface area contributed by atoms with Crippen molar-refractivity contribution in [3.8, 4) is 0 Å². The Balaban J connectivity index is 1.51. The van der Waals surface area contributed by atoms with Gasteiger partial charge in [-0.1, -0.05) is 152 Å². The van der Waals surface area contributed by atoms with Crippen molar-refractivity contribution in [1.29, 1.82) is 0 Å². The van der Waals surface area contributed by atoms with Gasteiger partial charge in [0.25, 0.3) is 0 Å². The Labute approximate surface area is 294 Å². The molecule has 2 heteroatoms. The highest BCUT2D eigenvalue weighted by Gasteiger charge is 2.50. The van der Waals surface area contributed by atoms with Crippen molar-refractivity contribution in [2.45, 2.75) is 219 Å². The first kappa shape index (κ1) is 41.8. The van der Waals surface area contributed by atoms with E-state index in [0.29, 0.717) is 12.2 Å². The van der Waals surface area contributed by atoms with Gasteiger partial charge < -0.3 is 9.47 Å². The van der Waals surface area contributed by atoms with Crippen LogP contribution in [0.1, 0.15) is 201 Å². The normalized spacial score (nSPS) is 23.3. The van der Waals surface area contributed by atoms with Crippen LogP contribution in [0.15, 0.2) is 60.8 Å². The van der Waals surface area contributed by atoms with Crippen LogP contribution < -0.4 is 0 Å². The highest BCUT2D eigenvalue weighted by atomic mass is 16.8. The molecular weight excluding hydrogens is 572 g/mol. The van der Waals surface area contributed by atoms with Gasteiger partial charge in [0.2, 0.25) is 0 Å². The molecule has 0 N–H and O–H groups in total.